The zero-order valence-electron chi connectivity index (χ0n) is 11.8. The Morgan fingerprint density at radius 3 is 2.65 bits per heavy atom. The van der Waals surface area contributed by atoms with Gasteiger partial charge in [-0.25, -0.2) is 9.97 Å². The van der Waals surface area contributed by atoms with Crippen LogP contribution in [0, 0.1) is 6.92 Å². The number of phenols is 1. The number of thioether (sulfide) groups is 1. The molecule has 0 saturated heterocycles. The van der Waals surface area contributed by atoms with E-state index < -0.39 is 0 Å². The fourth-order valence-electron chi connectivity index (χ4n) is 1.73. The maximum Gasteiger partial charge on any atom is 0.141 e. The van der Waals surface area contributed by atoms with E-state index in [4.69, 9.17) is 0 Å². The Hall–Kier alpha value is -1.75. The highest BCUT2D eigenvalue weighted by Crippen LogP contribution is 2.23. The van der Waals surface area contributed by atoms with Crippen LogP contribution in [0.15, 0.2) is 35.2 Å². The molecule has 0 spiro atoms. The Labute approximate surface area is 123 Å². The van der Waals surface area contributed by atoms with Crippen LogP contribution in [0.1, 0.15) is 24.9 Å². The van der Waals surface area contributed by atoms with Crippen LogP contribution < -0.4 is 5.32 Å². The lowest BCUT2D eigenvalue weighted by Gasteiger charge is -2.07. The van der Waals surface area contributed by atoms with E-state index in [0.29, 0.717) is 5.75 Å². The number of aromatic hydroxyl groups is 1. The summed E-state index contributed by atoms with van der Waals surface area (Å²) in [6.45, 7) is 5.02. The van der Waals surface area contributed by atoms with Crippen LogP contribution in [0.4, 0.5) is 5.82 Å². The molecule has 0 bridgehead atoms. The Morgan fingerprint density at radius 1 is 1.20 bits per heavy atom. The second-order valence-electron chi connectivity index (χ2n) is 4.52. The zero-order valence-corrected chi connectivity index (χ0v) is 12.6. The number of rotatable bonds is 6. The van der Waals surface area contributed by atoms with Gasteiger partial charge in [0.25, 0.3) is 0 Å². The Balaban J connectivity index is 2.01. The summed E-state index contributed by atoms with van der Waals surface area (Å²) in [4.78, 5) is 10.1. The zero-order chi connectivity index (χ0) is 14.4. The summed E-state index contributed by atoms with van der Waals surface area (Å²) >= 11 is 1.66. The van der Waals surface area contributed by atoms with Crippen LogP contribution in [-0.4, -0.2) is 21.6 Å². The van der Waals surface area contributed by atoms with Crippen molar-refractivity contribution in [3.63, 3.8) is 0 Å². The van der Waals surface area contributed by atoms with Crippen LogP contribution in [0.3, 0.4) is 0 Å². The normalized spacial score (nSPS) is 10.5. The first-order valence-corrected chi connectivity index (χ1v) is 7.66. The van der Waals surface area contributed by atoms with Crippen molar-refractivity contribution in [1.29, 1.82) is 0 Å². The fraction of sp³-hybridized carbons (Fsp3) is 0.333. The van der Waals surface area contributed by atoms with E-state index in [-0.39, 0.29) is 5.75 Å². The molecule has 0 aliphatic rings. The molecule has 0 saturated carbocycles. The van der Waals surface area contributed by atoms with E-state index >= 15 is 0 Å². The van der Waals surface area contributed by atoms with Crippen molar-refractivity contribution in [2.75, 3.05) is 11.9 Å². The highest BCUT2D eigenvalue weighted by molar-refractivity contribution is 7.98. The van der Waals surface area contributed by atoms with E-state index in [0.717, 1.165) is 35.2 Å². The number of benzene rings is 1. The largest absolute Gasteiger partial charge is 0.508 e. The molecular formula is C15H19N3OS. The lowest BCUT2D eigenvalue weighted by molar-refractivity contribution is 0.475. The van der Waals surface area contributed by atoms with Gasteiger partial charge >= 0.3 is 0 Å². The van der Waals surface area contributed by atoms with Gasteiger partial charge in [0.1, 0.15) is 17.4 Å². The van der Waals surface area contributed by atoms with Crippen molar-refractivity contribution in [3.8, 4) is 5.75 Å². The lowest BCUT2D eigenvalue weighted by Crippen LogP contribution is -2.05. The quantitative estimate of drug-likeness (QED) is 0.796. The average Bonchev–Trinajstić information content (AvgIpc) is 2.44. The molecule has 20 heavy (non-hydrogen) atoms. The molecule has 0 amide bonds. The number of hydrogen-bond acceptors (Lipinski definition) is 5. The summed E-state index contributed by atoms with van der Waals surface area (Å²) in [6, 6.07) is 9.13. The molecule has 1 aromatic carbocycles. The van der Waals surface area contributed by atoms with E-state index in [2.05, 4.69) is 22.2 Å². The molecule has 1 aromatic heterocycles. The number of aryl methyl sites for hydroxylation is 1. The van der Waals surface area contributed by atoms with Crippen molar-refractivity contribution in [3.05, 3.63) is 41.9 Å². The molecule has 0 atom stereocenters. The minimum absolute atomic E-state index is 0.284. The number of hydrogen-bond donors (Lipinski definition) is 2. The first kappa shape index (κ1) is 14.7. The van der Waals surface area contributed by atoms with Crippen molar-refractivity contribution in [2.45, 2.75) is 30.9 Å². The van der Waals surface area contributed by atoms with Gasteiger partial charge in [0.2, 0.25) is 0 Å². The maximum absolute atomic E-state index is 9.25. The van der Waals surface area contributed by atoms with Gasteiger partial charge in [-0.3, -0.25) is 0 Å². The van der Waals surface area contributed by atoms with Gasteiger partial charge < -0.3 is 10.4 Å². The summed E-state index contributed by atoms with van der Waals surface area (Å²) < 4.78 is 0. The second kappa shape index (κ2) is 7.14. The second-order valence-corrected chi connectivity index (χ2v) is 5.57. The number of nitrogens with one attached hydrogen (secondary N) is 1. The number of nitrogens with zero attached hydrogens (tertiary/aromatic N) is 2. The first-order chi connectivity index (χ1) is 9.67. The number of phenolic OH excluding ortho intramolecular Hbond substituents is 1. The van der Waals surface area contributed by atoms with Crippen molar-refractivity contribution >= 4 is 17.6 Å². The molecular weight excluding hydrogens is 270 g/mol. The highest BCUT2D eigenvalue weighted by atomic mass is 32.2. The van der Waals surface area contributed by atoms with Gasteiger partial charge in [0, 0.05) is 23.2 Å². The monoisotopic (exact) mass is 289 g/mol. The van der Waals surface area contributed by atoms with Gasteiger partial charge in [0.15, 0.2) is 0 Å². The Morgan fingerprint density at radius 2 is 1.95 bits per heavy atom. The molecule has 5 heteroatoms. The van der Waals surface area contributed by atoms with Crippen molar-refractivity contribution in [1.82, 2.24) is 9.97 Å². The molecule has 2 N–H and O–H groups in total. The standard InChI is InChI=1S/C15H19N3OS/c1-3-8-16-14-9-11(2)17-15(18-14)10-20-13-6-4-12(19)5-7-13/h4-7,9,19H,3,8,10H2,1-2H3,(H,16,17,18). The van der Waals surface area contributed by atoms with Crippen LogP contribution >= 0.6 is 11.8 Å². The highest BCUT2D eigenvalue weighted by Gasteiger charge is 2.03. The van der Waals surface area contributed by atoms with Crippen LogP contribution in [0.5, 0.6) is 5.75 Å². The predicted octanol–water partition coefficient (Wildman–Crippen LogP) is 3.60. The van der Waals surface area contributed by atoms with E-state index in [9.17, 15) is 5.11 Å². The van der Waals surface area contributed by atoms with Crippen molar-refractivity contribution in [2.24, 2.45) is 0 Å². The topological polar surface area (TPSA) is 58.0 Å². The first-order valence-electron chi connectivity index (χ1n) is 6.67. The summed E-state index contributed by atoms with van der Waals surface area (Å²) in [5.74, 6) is 2.71. The van der Waals surface area contributed by atoms with Crippen molar-refractivity contribution < 1.29 is 5.11 Å². The smallest absolute Gasteiger partial charge is 0.141 e. The molecule has 0 radical (unpaired) electrons. The van der Waals surface area contributed by atoms with Gasteiger partial charge in [-0.2, -0.15) is 0 Å². The number of anilines is 1. The lowest BCUT2D eigenvalue weighted by atomic mass is 10.3. The van der Waals surface area contributed by atoms with Gasteiger partial charge in [-0.1, -0.05) is 6.92 Å². The average molecular weight is 289 g/mol. The molecule has 0 unspecified atom stereocenters. The summed E-state index contributed by atoms with van der Waals surface area (Å²) in [6.07, 6.45) is 1.07. The molecule has 2 rings (SSSR count). The third-order valence-corrected chi connectivity index (χ3v) is 3.67. The molecule has 4 nitrogen and oxygen atoms in total. The predicted molar refractivity (Wildman–Crippen MR) is 83.2 cm³/mol. The third-order valence-electron chi connectivity index (χ3n) is 2.66. The summed E-state index contributed by atoms with van der Waals surface area (Å²) in [5.41, 5.74) is 0.972. The van der Waals surface area contributed by atoms with Crippen LogP contribution in [0.25, 0.3) is 0 Å². The van der Waals surface area contributed by atoms with E-state index in [1.807, 2.05) is 25.1 Å². The molecule has 0 fully saturated rings. The van der Waals surface area contributed by atoms with E-state index in [1.165, 1.54) is 0 Å². The van der Waals surface area contributed by atoms with Gasteiger partial charge in [-0.15, -0.1) is 11.8 Å². The minimum atomic E-state index is 0.284. The SMILES string of the molecule is CCCNc1cc(C)nc(CSc2ccc(O)cc2)n1. The van der Waals surface area contributed by atoms with Gasteiger partial charge in [-0.05, 0) is 37.6 Å². The minimum Gasteiger partial charge on any atom is -0.508 e. The molecule has 1 heterocycles. The Kier molecular flexibility index (Phi) is 5.24. The van der Waals surface area contributed by atoms with Gasteiger partial charge in [0.05, 0.1) is 5.75 Å². The number of aromatic nitrogens is 2. The maximum atomic E-state index is 9.25. The summed E-state index contributed by atoms with van der Waals surface area (Å²) in [7, 11) is 0. The molecule has 0 aliphatic heterocycles. The third kappa shape index (κ3) is 4.42. The summed E-state index contributed by atoms with van der Waals surface area (Å²) in [5, 5.41) is 12.5. The molecule has 2 aromatic rings. The Bertz CT molecular complexity index is 558. The molecule has 106 valence electrons. The fourth-order valence-corrected chi connectivity index (χ4v) is 2.48. The van der Waals surface area contributed by atoms with Crippen LogP contribution in [0.2, 0.25) is 0 Å². The van der Waals surface area contributed by atoms with Crippen LogP contribution in [-0.2, 0) is 5.75 Å². The molecule has 0 aliphatic carbocycles. The van der Waals surface area contributed by atoms with E-state index in [1.54, 1.807) is 23.9 Å².